The third-order valence-corrected chi connectivity index (χ3v) is 3.50. The number of benzene rings is 1. The standard InChI is InChI=1S/C16H22N2.2C2H6/c1-10(2)14-8-11(3)7-12(4)16(14)15-9-13(17)5-6-18-15;2*1-2/h5-8,10,15H,9,17H2,1-4H3;2*1-2H3. The summed E-state index contributed by atoms with van der Waals surface area (Å²) in [6.07, 6.45) is 4.57. The van der Waals surface area contributed by atoms with E-state index in [-0.39, 0.29) is 6.04 Å². The Bertz CT molecular complexity index is 511. The maximum absolute atomic E-state index is 5.94. The van der Waals surface area contributed by atoms with Crippen LogP contribution in [0, 0.1) is 13.8 Å². The summed E-state index contributed by atoms with van der Waals surface area (Å²) in [5.41, 5.74) is 12.3. The zero-order valence-corrected chi connectivity index (χ0v) is 15.7. The number of hydrogen-bond donors (Lipinski definition) is 1. The molecule has 1 aromatic rings. The first-order valence-corrected chi connectivity index (χ1v) is 8.58. The summed E-state index contributed by atoms with van der Waals surface area (Å²) < 4.78 is 0. The van der Waals surface area contributed by atoms with E-state index in [2.05, 4.69) is 44.8 Å². The van der Waals surface area contributed by atoms with Crippen LogP contribution in [0.1, 0.15) is 82.2 Å². The van der Waals surface area contributed by atoms with Gasteiger partial charge in [0.1, 0.15) is 0 Å². The van der Waals surface area contributed by atoms with Gasteiger partial charge in [0.25, 0.3) is 0 Å². The van der Waals surface area contributed by atoms with Gasteiger partial charge in [0, 0.05) is 18.3 Å². The number of hydrogen-bond acceptors (Lipinski definition) is 2. The van der Waals surface area contributed by atoms with E-state index in [9.17, 15) is 0 Å². The molecule has 124 valence electrons. The van der Waals surface area contributed by atoms with Gasteiger partial charge in [-0.05, 0) is 42.5 Å². The Hall–Kier alpha value is -1.57. The second-order valence-corrected chi connectivity index (χ2v) is 5.50. The predicted molar refractivity (Wildman–Crippen MR) is 101 cm³/mol. The van der Waals surface area contributed by atoms with Gasteiger partial charge in [-0.1, -0.05) is 59.2 Å². The van der Waals surface area contributed by atoms with Crippen LogP contribution in [-0.4, -0.2) is 6.21 Å². The van der Waals surface area contributed by atoms with Crippen LogP contribution in [0.5, 0.6) is 0 Å². The van der Waals surface area contributed by atoms with Crippen LogP contribution in [0.3, 0.4) is 0 Å². The Labute approximate surface area is 137 Å². The van der Waals surface area contributed by atoms with Crippen molar-refractivity contribution in [1.29, 1.82) is 0 Å². The van der Waals surface area contributed by atoms with Gasteiger partial charge < -0.3 is 5.73 Å². The molecule has 1 aromatic carbocycles. The van der Waals surface area contributed by atoms with Gasteiger partial charge in [-0.15, -0.1) is 0 Å². The average molecular weight is 303 g/mol. The fraction of sp³-hybridized carbons (Fsp3) is 0.550. The maximum atomic E-state index is 5.94. The molecule has 1 atom stereocenters. The lowest BCUT2D eigenvalue weighted by Crippen LogP contribution is -2.12. The molecule has 0 saturated heterocycles. The summed E-state index contributed by atoms with van der Waals surface area (Å²) in [5.74, 6) is 0.515. The lowest BCUT2D eigenvalue weighted by atomic mass is 9.86. The Balaban J connectivity index is 0.00000102. The number of aliphatic imine (C=N–C) groups is 1. The number of allylic oxidation sites excluding steroid dienone is 1. The first-order valence-electron chi connectivity index (χ1n) is 8.58. The van der Waals surface area contributed by atoms with Crippen LogP contribution in [0.2, 0.25) is 0 Å². The van der Waals surface area contributed by atoms with Gasteiger partial charge in [0.05, 0.1) is 6.04 Å². The van der Waals surface area contributed by atoms with E-state index in [0.29, 0.717) is 5.92 Å². The number of aryl methyl sites for hydroxylation is 2. The highest BCUT2D eigenvalue weighted by atomic mass is 14.8. The molecular formula is C20H34N2. The third-order valence-electron chi connectivity index (χ3n) is 3.50. The van der Waals surface area contributed by atoms with Gasteiger partial charge >= 0.3 is 0 Å². The quantitative estimate of drug-likeness (QED) is 0.732. The normalized spacial score (nSPS) is 16.2. The van der Waals surface area contributed by atoms with E-state index in [1.54, 1.807) is 0 Å². The molecule has 2 rings (SSSR count). The molecule has 0 aromatic heterocycles. The first-order chi connectivity index (χ1) is 10.5. The summed E-state index contributed by atoms with van der Waals surface area (Å²) in [5, 5.41) is 0. The Kier molecular flexibility index (Phi) is 9.48. The van der Waals surface area contributed by atoms with Crippen molar-refractivity contribution in [3.8, 4) is 0 Å². The maximum Gasteiger partial charge on any atom is 0.0808 e. The summed E-state index contributed by atoms with van der Waals surface area (Å²) >= 11 is 0. The van der Waals surface area contributed by atoms with Crippen molar-refractivity contribution >= 4 is 6.21 Å². The third kappa shape index (κ3) is 5.32. The Morgan fingerprint density at radius 2 is 1.68 bits per heavy atom. The van der Waals surface area contributed by atoms with E-state index in [1.165, 1.54) is 22.3 Å². The summed E-state index contributed by atoms with van der Waals surface area (Å²) in [4.78, 5) is 4.60. The van der Waals surface area contributed by atoms with Crippen LogP contribution in [0.25, 0.3) is 0 Å². The number of dihydropyridines is 1. The van der Waals surface area contributed by atoms with E-state index >= 15 is 0 Å². The van der Waals surface area contributed by atoms with E-state index in [0.717, 1.165) is 12.1 Å². The monoisotopic (exact) mass is 302 g/mol. The molecule has 0 radical (unpaired) electrons. The Morgan fingerprint density at radius 3 is 2.18 bits per heavy atom. The van der Waals surface area contributed by atoms with Crippen molar-refractivity contribution in [3.05, 3.63) is 46.2 Å². The summed E-state index contributed by atoms with van der Waals surface area (Å²) in [6.45, 7) is 16.8. The molecule has 0 saturated carbocycles. The zero-order valence-electron chi connectivity index (χ0n) is 15.7. The minimum atomic E-state index is 0.188. The second kappa shape index (κ2) is 10.2. The van der Waals surface area contributed by atoms with Crippen LogP contribution in [0.4, 0.5) is 0 Å². The van der Waals surface area contributed by atoms with Crippen LogP contribution < -0.4 is 5.73 Å². The van der Waals surface area contributed by atoms with Crippen molar-refractivity contribution in [3.63, 3.8) is 0 Å². The minimum absolute atomic E-state index is 0.188. The van der Waals surface area contributed by atoms with Gasteiger partial charge in [-0.25, -0.2) is 0 Å². The van der Waals surface area contributed by atoms with E-state index in [1.807, 2.05) is 40.0 Å². The number of rotatable bonds is 2. The smallest absolute Gasteiger partial charge is 0.0808 e. The second-order valence-electron chi connectivity index (χ2n) is 5.50. The highest BCUT2D eigenvalue weighted by Crippen LogP contribution is 2.35. The average Bonchev–Trinajstić information content (AvgIpc) is 2.50. The number of nitrogens with two attached hydrogens (primary N) is 1. The molecule has 2 N–H and O–H groups in total. The molecule has 2 nitrogen and oxygen atoms in total. The van der Waals surface area contributed by atoms with Crippen molar-refractivity contribution in [1.82, 2.24) is 0 Å². The van der Waals surface area contributed by atoms with Gasteiger partial charge in [0.2, 0.25) is 0 Å². The highest BCUT2D eigenvalue weighted by Gasteiger charge is 2.20. The zero-order chi connectivity index (χ0) is 17.3. The Morgan fingerprint density at radius 1 is 1.09 bits per heavy atom. The molecule has 0 fully saturated rings. The van der Waals surface area contributed by atoms with Crippen molar-refractivity contribution in [2.24, 2.45) is 10.7 Å². The molecule has 22 heavy (non-hydrogen) atoms. The molecular weight excluding hydrogens is 268 g/mol. The van der Waals surface area contributed by atoms with Gasteiger partial charge in [-0.2, -0.15) is 0 Å². The van der Waals surface area contributed by atoms with Gasteiger partial charge in [0.15, 0.2) is 0 Å². The largest absolute Gasteiger partial charge is 0.402 e. The molecule has 0 spiro atoms. The topological polar surface area (TPSA) is 38.4 Å². The lowest BCUT2D eigenvalue weighted by molar-refractivity contribution is 0.681. The molecule has 2 heteroatoms. The SMILES string of the molecule is CC.CC.Cc1cc(C)c(C2CC(N)=CC=N2)c(C(C)C)c1. The molecule has 1 aliphatic heterocycles. The highest BCUT2D eigenvalue weighted by molar-refractivity contribution is 5.73. The molecule has 1 unspecified atom stereocenters. The molecule has 0 amide bonds. The summed E-state index contributed by atoms with van der Waals surface area (Å²) in [6, 6.07) is 4.72. The fourth-order valence-electron chi connectivity index (χ4n) is 2.71. The lowest BCUT2D eigenvalue weighted by Gasteiger charge is -2.24. The minimum Gasteiger partial charge on any atom is -0.402 e. The van der Waals surface area contributed by atoms with E-state index < -0.39 is 0 Å². The van der Waals surface area contributed by atoms with Crippen molar-refractivity contribution in [2.75, 3.05) is 0 Å². The van der Waals surface area contributed by atoms with Crippen LogP contribution in [0.15, 0.2) is 28.9 Å². The van der Waals surface area contributed by atoms with E-state index in [4.69, 9.17) is 5.73 Å². The first kappa shape index (κ1) is 20.4. The van der Waals surface area contributed by atoms with Crippen molar-refractivity contribution in [2.45, 2.75) is 73.8 Å². The molecule has 1 heterocycles. The van der Waals surface area contributed by atoms with Crippen LogP contribution in [-0.2, 0) is 0 Å². The fourth-order valence-corrected chi connectivity index (χ4v) is 2.71. The van der Waals surface area contributed by atoms with Gasteiger partial charge in [-0.3, -0.25) is 4.99 Å². The molecule has 0 bridgehead atoms. The molecule has 1 aliphatic rings. The van der Waals surface area contributed by atoms with Crippen molar-refractivity contribution < 1.29 is 0 Å². The number of nitrogens with zero attached hydrogens (tertiary/aromatic N) is 1. The molecule has 0 aliphatic carbocycles. The van der Waals surface area contributed by atoms with Crippen LogP contribution >= 0.6 is 0 Å². The summed E-state index contributed by atoms with van der Waals surface area (Å²) in [7, 11) is 0. The predicted octanol–water partition coefficient (Wildman–Crippen LogP) is 5.84.